The summed E-state index contributed by atoms with van der Waals surface area (Å²) >= 11 is 0. The first kappa shape index (κ1) is 15.5. The first-order valence-electron chi connectivity index (χ1n) is 5.59. The Morgan fingerprint density at radius 1 is 1.18 bits per heavy atom. The Balaban J connectivity index is 0.00000144. The molecule has 0 aromatic carbocycles. The van der Waals surface area contributed by atoms with Gasteiger partial charge in [0.15, 0.2) is 0 Å². The predicted octanol–water partition coefficient (Wildman–Crippen LogP) is 1.03. The van der Waals surface area contributed by atoms with Crippen LogP contribution in [0.4, 0.5) is 0 Å². The molecule has 0 atom stereocenters. The van der Waals surface area contributed by atoms with Gasteiger partial charge in [0.2, 0.25) is 0 Å². The van der Waals surface area contributed by atoms with Gasteiger partial charge in [-0.15, -0.1) is 0 Å². The summed E-state index contributed by atoms with van der Waals surface area (Å²) in [5.74, 6) is 0. The summed E-state index contributed by atoms with van der Waals surface area (Å²) in [6, 6.07) is 0. The van der Waals surface area contributed by atoms with Crippen LogP contribution < -0.4 is 5.46 Å². The van der Waals surface area contributed by atoms with E-state index in [-0.39, 0.29) is 56.1 Å². The van der Waals surface area contributed by atoms with E-state index >= 15 is 0 Å². The van der Waals surface area contributed by atoms with E-state index in [1.807, 2.05) is 24.9 Å². The molecule has 1 aromatic heterocycles. The molecule has 0 saturated carbocycles. The van der Waals surface area contributed by atoms with Gasteiger partial charge in [-0.25, -0.2) is 0 Å². The second kappa shape index (κ2) is 4.85. The minimum absolute atomic E-state index is 0. The molecule has 1 fully saturated rings. The van der Waals surface area contributed by atoms with E-state index in [1.54, 1.807) is 0 Å². The van der Waals surface area contributed by atoms with Crippen molar-refractivity contribution in [1.82, 2.24) is 9.78 Å². The summed E-state index contributed by atoms with van der Waals surface area (Å²) in [6.45, 7) is 10.2. The molecule has 0 bridgehead atoms. The van der Waals surface area contributed by atoms with Gasteiger partial charge in [0, 0.05) is 62.1 Å². The van der Waals surface area contributed by atoms with Gasteiger partial charge in [0.25, 0.3) is 0 Å². The van der Waals surface area contributed by atoms with Crippen LogP contribution in [-0.2, 0) is 16.4 Å². The Labute approximate surface area is 133 Å². The molecule has 6 heteroatoms. The van der Waals surface area contributed by atoms with E-state index in [0.717, 1.165) is 11.2 Å². The van der Waals surface area contributed by atoms with Crippen LogP contribution in [0.3, 0.4) is 0 Å². The van der Waals surface area contributed by atoms with Crippen LogP contribution in [0.2, 0.25) is 0 Å². The maximum atomic E-state index is 5.97. The molecule has 2 rings (SSSR count). The molecule has 2 heterocycles. The first-order valence-corrected chi connectivity index (χ1v) is 5.59. The number of rotatable bonds is 1. The third-order valence-corrected chi connectivity index (χ3v) is 3.78. The first-order chi connectivity index (χ1) is 7.24. The number of aromatic nitrogens is 2. The molecule has 17 heavy (non-hydrogen) atoms. The molecule has 0 amide bonds. The van der Waals surface area contributed by atoms with Gasteiger partial charge in [0.05, 0.1) is 11.2 Å². The van der Waals surface area contributed by atoms with Gasteiger partial charge < -0.3 is 9.31 Å². The van der Waals surface area contributed by atoms with Crippen LogP contribution >= 0.6 is 0 Å². The average molecular weight is 262 g/mol. The van der Waals surface area contributed by atoms with Crippen molar-refractivity contribution in [1.29, 1.82) is 0 Å². The van der Waals surface area contributed by atoms with E-state index in [9.17, 15) is 0 Å². The molecule has 0 unspecified atom stereocenters. The molecular weight excluding hydrogens is 243 g/mol. The third kappa shape index (κ3) is 2.59. The van der Waals surface area contributed by atoms with Crippen LogP contribution in [-0.4, -0.2) is 28.1 Å². The van der Waals surface area contributed by atoms with Gasteiger partial charge in [-0.2, -0.15) is 5.10 Å². The second-order valence-corrected chi connectivity index (χ2v) is 5.40. The van der Waals surface area contributed by atoms with Crippen LogP contribution in [0.25, 0.3) is 0 Å². The van der Waals surface area contributed by atoms with Gasteiger partial charge in [0.1, 0.15) is 0 Å². The Bertz CT molecular complexity index is 402. The zero-order valence-electron chi connectivity index (χ0n) is 11.2. The van der Waals surface area contributed by atoms with E-state index < -0.39 is 0 Å². The van der Waals surface area contributed by atoms with Crippen molar-refractivity contribution in [3.05, 3.63) is 11.9 Å². The molecule has 0 radical (unpaired) electrons. The Morgan fingerprint density at radius 2 is 1.65 bits per heavy atom. The van der Waals surface area contributed by atoms with Crippen molar-refractivity contribution in [3.63, 3.8) is 0 Å². The number of hydrogen-bond acceptors (Lipinski definition) is 3. The van der Waals surface area contributed by atoms with Gasteiger partial charge in [-0.05, 0) is 34.6 Å². The fraction of sp³-hybridized carbons (Fsp3) is 0.727. The second-order valence-electron chi connectivity index (χ2n) is 5.40. The normalized spacial score (nSPS) is 21.4. The fourth-order valence-corrected chi connectivity index (χ4v) is 1.72. The summed E-state index contributed by atoms with van der Waals surface area (Å²) in [6.07, 6.45) is 1.82. The van der Waals surface area contributed by atoms with Crippen molar-refractivity contribution in [2.24, 2.45) is 7.05 Å². The van der Waals surface area contributed by atoms with E-state index in [4.69, 9.17) is 9.31 Å². The van der Waals surface area contributed by atoms with Crippen LogP contribution in [0.1, 0.15) is 33.4 Å². The molecule has 0 spiro atoms. The summed E-state index contributed by atoms with van der Waals surface area (Å²) in [7, 11) is 1.61. The van der Waals surface area contributed by atoms with E-state index in [1.165, 1.54) is 0 Å². The Morgan fingerprint density at radius 3 is 2.00 bits per heavy atom. The quantitative estimate of drug-likeness (QED) is 0.709. The van der Waals surface area contributed by atoms with E-state index in [0.29, 0.717) is 0 Å². The SMILES string of the molecule is Cc1c(B2OC(C)(C)C(C)(C)O2)cnn1C.[Ar]. The van der Waals surface area contributed by atoms with E-state index in [2.05, 4.69) is 32.8 Å². The molecular formula is C11H19ArBN2O2. The maximum Gasteiger partial charge on any atom is 0.498 e. The Kier molecular flexibility index (Phi) is 4.43. The summed E-state index contributed by atoms with van der Waals surface area (Å²) in [5, 5.41) is 4.21. The predicted molar refractivity (Wildman–Crippen MR) is 63.7 cm³/mol. The summed E-state index contributed by atoms with van der Waals surface area (Å²) < 4.78 is 13.8. The van der Waals surface area contributed by atoms with Gasteiger partial charge in [-0.1, -0.05) is 0 Å². The standard InChI is InChI=1S/C11H19BN2O2.Ar/c1-8-9(7-13-14(8)6)12-15-10(2,3)11(4,5)16-12;/h7H,1-6H3;. The average Bonchev–Trinajstić information content (AvgIpc) is 2.54. The number of nitrogens with zero attached hydrogens (tertiary/aromatic N) is 2. The molecule has 4 nitrogen and oxygen atoms in total. The van der Waals surface area contributed by atoms with Crippen molar-refractivity contribution in [3.8, 4) is 0 Å². The van der Waals surface area contributed by atoms with Gasteiger partial charge >= 0.3 is 7.12 Å². The maximum absolute atomic E-state index is 5.97. The molecule has 1 aliphatic rings. The minimum atomic E-state index is -0.307. The molecule has 1 aliphatic heterocycles. The zero-order chi connectivity index (χ0) is 12.1. The smallest absolute Gasteiger partial charge is 0.399 e. The molecule has 0 aliphatic carbocycles. The topological polar surface area (TPSA) is 36.3 Å². The summed E-state index contributed by atoms with van der Waals surface area (Å²) in [4.78, 5) is 0. The zero-order valence-corrected chi connectivity index (χ0v) is 11.9. The fourth-order valence-electron chi connectivity index (χ4n) is 1.72. The third-order valence-electron chi connectivity index (χ3n) is 3.78. The van der Waals surface area contributed by atoms with Gasteiger partial charge in [-0.3, -0.25) is 4.68 Å². The monoisotopic (exact) mass is 262 g/mol. The molecule has 1 saturated heterocycles. The summed E-state index contributed by atoms with van der Waals surface area (Å²) in [5.41, 5.74) is 1.51. The number of aryl methyl sites for hydroxylation is 1. The van der Waals surface area contributed by atoms with Crippen molar-refractivity contribution >= 4 is 12.6 Å². The molecule has 96 valence electrons. The van der Waals surface area contributed by atoms with Crippen LogP contribution in [0.15, 0.2) is 6.20 Å². The van der Waals surface area contributed by atoms with Crippen molar-refractivity contribution in [2.75, 3.05) is 0 Å². The van der Waals surface area contributed by atoms with Crippen molar-refractivity contribution < 1.29 is 47.0 Å². The molecule has 0 N–H and O–H groups in total. The van der Waals surface area contributed by atoms with Crippen molar-refractivity contribution in [2.45, 2.75) is 45.8 Å². The van der Waals surface area contributed by atoms with Crippen LogP contribution in [0.5, 0.6) is 0 Å². The van der Waals surface area contributed by atoms with Crippen LogP contribution in [0, 0.1) is 44.7 Å². The number of hydrogen-bond donors (Lipinski definition) is 0. The minimum Gasteiger partial charge on any atom is -0.399 e. The Hall–Kier alpha value is 0.455. The molecule has 1 aromatic rings. The largest absolute Gasteiger partial charge is 0.498 e.